The van der Waals surface area contributed by atoms with Crippen molar-refractivity contribution < 1.29 is 19.2 Å². The third-order valence-electron chi connectivity index (χ3n) is 3.53. The molecule has 0 aliphatic rings. The minimum atomic E-state index is -0.612. The first-order chi connectivity index (χ1) is 12.9. The van der Waals surface area contributed by atoms with E-state index >= 15 is 0 Å². The molecule has 2 aromatic carbocycles. The Balaban J connectivity index is 1.86. The van der Waals surface area contributed by atoms with Gasteiger partial charge < -0.3 is 10.1 Å². The number of nitro benzene ring substituents is 1. The van der Waals surface area contributed by atoms with E-state index in [9.17, 15) is 19.7 Å². The van der Waals surface area contributed by atoms with Gasteiger partial charge in [-0.05, 0) is 31.2 Å². The summed E-state index contributed by atoms with van der Waals surface area (Å²) < 4.78 is 5.02. The van der Waals surface area contributed by atoms with Gasteiger partial charge in [0.15, 0.2) is 0 Å². The summed E-state index contributed by atoms with van der Waals surface area (Å²) in [6.07, 6.45) is 0.850. The Bertz CT molecular complexity index is 878. The van der Waals surface area contributed by atoms with Crippen molar-refractivity contribution in [2.24, 2.45) is 5.10 Å². The van der Waals surface area contributed by atoms with E-state index in [0.29, 0.717) is 22.6 Å². The van der Waals surface area contributed by atoms with Gasteiger partial charge in [0.2, 0.25) is 11.8 Å². The number of rotatable bonds is 7. The number of methoxy groups -OCH3 is 1. The topological polar surface area (TPSA) is 123 Å². The fraction of sp³-hybridized carbons (Fsp3) is 0.167. The second-order valence-corrected chi connectivity index (χ2v) is 5.55. The van der Waals surface area contributed by atoms with Crippen LogP contribution in [0, 0.1) is 17.0 Å². The summed E-state index contributed by atoms with van der Waals surface area (Å²) in [6, 6.07) is 11.2. The largest absolute Gasteiger partial charge is 0.497 e. The van der Waals surface area contributed by atoms with E-state index in [1.165, 1.54) is 19.4 Å². The third kappa shape index (κ3) is 5.92. The smallest absolute Gasteiger partial charge is 0.272 e. The Morgan fingerprint density at radius 2 is 1.89 bits per heavy atom. The number of carbonyl (C=O) groups excluding carboxylic acids is 2. The molecule has 0 aromatic heterocycles. The molecule has 140 valence electrons. The maximum absolute atomic E-state index is 11.8. The molecule has 0 radical (unpaired) electrons. The molecule has 0 spiro atoms. The van der Waals surface area contributed by atoms with E-state index in [1.54, 1.807) is 43.3 Å². The lowest BCUT2D eigenvalue weighted by Gasteiger charge is -2.05. The molecular weight excluding hydrogens is 352 g/mol. The molecule has 0 aliphatic heterocycles. The van der Waals surface area contributed by atoms with Gasteiger partial charge in [-0.1, -0.05) is 12.1 Å². The number of nitrogens with zero attached hydrogens (tertiary/aromatic N) is 2. The highest BCUT2D eigenvalue weighted by Crippen LogP contribution is 2.18. The fourth-order valence-electron chi connectivity index (χ4n) is 2.15. The van der Waals surface area contributed by atoms with Crippen molar-refractivity contribution in [3.05, 3.63) is 63.7 Å². The minimum Gasteiger partial charge on any atom is -0.497 e. The lowest BCUT2D eigenvalue weighted by molar-refractivity contribution is -0.385. The van der Waals surface area contributed by atoms with Gasteiger partial charge in [-0.3, -0.25) is 19.7 Å². The van der Waals surface area contributed by atoms with Crippen LogP contribution < -0.4 is 15.5 Å². The summed E-state index contributed by atoms with van der Waals surface area (Å²) in [5.74, 6) is -0.464. The number of carbonyl (C=O) groups is 2. The molecule has 0 unspecified atom stereocenters. The molecule has 0 heterocycles. The van der Waals surface area contributed by atoms with E-state index in [2.05, 4.69) is 15.8 Å². The molecule has 27 heavy (non-hydrogen) atoms. The van der Waals surface area contributed by atoms with Gasteiger partial charge in [0.25, 0.3) is 5.69 Å². The van der Waals surface area contributed by atoms with Gasteiger partial charge in [0.1, 0.15) is 12.2 Å². The predicted octanol–water partition coefficient (Wildman–Crippen LogP) is 2.39. The lowest BCUT2D eigenvalue weighted by atomic mass is 10.1. The molecule has 2 N–H and O–H groups in total. The predicted molar refractivity (Wildman–Crippen MR) is 99.8 cm³/mol. The standard InChI is InChI=1S/C18H18N4O5/c1-12-3-4-13(9-16(12)22(25)26)11-19-21-18(24)10-17(23)20-14-5-7-15(27-2)8-6-14/h3-9,11H,10H2,1-2H3,(H,20,23)(H,21,24). The quantitative estimate of drug-likeness (QED) is 0.335. The second-order valence-electron chi connectivity index (χ2n) is 5.55. The Kier molecular flexibility index (Phi) is 6.59. The summed E-state index contributed by atoms with van der Waals surface area (Å²) in [7, 11) is 1.53. The SMILES string of the molecule is COc1ccc(NC(=O)CC(=O)NN=Cc2ccc(C)c([N+](=O)[O-])c2)cc1. The van der Waals surface area contributed by atoms with E-state index in [4.69, 9.17) is 4.74 Å². The van der Waals surface area contributed by atoms with Crippen LogP contribution in [-0.2, 0) is 9.59 Å². The average Bonchev–Trinajstić information content (AvgIpc) is 2.63. The van der Waals surface area contributed by atoms with E-state index in [1.807, 2.05) is 0 Å². The molecule has 9 nitrogen and oxygen atoms in total. The van der Waals surface area contributed by atoms with Crippen molar-refractivity contribution in [3.8, 4) is 5.75 Å². The van der Waals surface area contributed by atoms with E-state index in [-0.39, 0.29) is 5.69 Å². The van der Waals surface area contributed by atoms with Crippen molar-refractivity contribution in [3.63, 3.8) is 0 Å². The van der Waals surface area contributed by atoms with Crippen LogP contribution in [-0.4, -0.2) is 30.1 Å². The van der Waals surface area contributed by atoms with Crippen LogP contribution in [0.2, 0.25) is 0 Å². The molecule has 2 rings (SSSR count). The summed E-state index contributed by atoms with van der Waals surface area (Å²) in [6.45, 7) is 1.63. The van der Waals surface area contributed by atoms with Crippen molar-refractivity contribution >= 4 is 29.4 Å². The van der Waals surface area contributed by atoms with Crippen molar-refractivity contribution in [2.75, 3.05) is 12.4 Å². The number of benzene rings is 2. The molecule has 0 saturated heterocycles. The highest BCUT2D eigenvalue weighted by molar-refractivity contribution is 6.03. The highest BCUT2D eigenvalue weighted by Gasteiger charge is 2.11. The van der Waals surface area contributed by atoms with Gasteiger partial charge in [-0.2, -0.15) is 5.10 Å². The van der Waals surface area contributed by atoms with E-state index < -0.39 is 23.2 Å². The van der Waals surface area contributed by atoms with Crippen LogP contribution in [0.5, 0.6) is 5.75 Å². The molecule has 0 fully saturated rings. The Labute approximate surface area is 155 Å². The fourth-order valence-corrected chi connectivity index (χ4v) is 2.15. The minimum absolute atomic E-state index is 0.0378. The van der Waals surface area contributed by atoms with Crippen molar-refractivity contribution in [2.45, 2.75) is 13.3 Å². The lowest BCUT2D eigenvalue weighted by Crippen LogP contribution is -2.24. The number of anilines is 1. The van der Waals surface area contributed by atoms with Crippen LogP contribution in [0.4, 0.5) is 11.4 Å². The molecular formula is C18H18N4O5. The number of nitrogens with one attached hydrogen (secondary N) is 2. The number of amides is 2. The summed E-state index contributed by atoms with van der Waals surface area (Å²) >= 11 is 0. The monoisotopic (exact) mass is 370 g/mol. The zero-order valence-corrected chi connectivity index (χ0v) is 14.8. The zero-order chi connectivity index (χ0) is 19.8. The van der Waals surface area contributed by atoms with E-state index in [0.717, 1.165) is 0 Å². The molecule has 0 saturated carbocycles. The van der Waals surface area contributed by atoms with Gasteiger partial charge >= 0.3 is 0 Å². The number of hydrogen-bond acceptors (Lipinski definition) is 6. The maximum atomic E-state index is 11.8. The Hall–Kier alpha value is -3.75. The van der Waals surface area contributed by atoms with Gasteiger partial charge in [0.05, 0.1) is 18.2 Å². The number of hydrazone groups is 1. The number of nitro groups is 1. The van der Waals surface area contributed by atoms with Gasteiger partial charge in [-0.15, -0.1) is 0 Å². The summed E-state index contributed by atoms with van der Waals surface area (Å²) in [4.78, 5) is 34.0. The van der Waals surface area contributed by atoms with Crippen LogP contribution in [0.3, 0.4) is 0 Å². The van der Waals surface area contributed by atoms with Crippen LogP contribution in [0.25, 0.3) is 0 Å². The third-order valence-corrected chi connectivity index (χ3v) is 3.53. The number of hydrogen-bond donors (Lipinski definition) is 2. The average molecular weight is 370 g/mol. The molecule has 2 amide bonds. The first-order valence-electron chi connectivity index (χ1n) is 7.90. The first-order valence-corrected chi connectivity index (χ1v) is 7.90. The first kappa shape index (κ1) is 19.6. The number of aryl methyl sites for hydroxylation is 1. The Morgan fingerprint density at radius 1 is 1.19 bits per heavy atom. The van der Waals surface area contributed by atoms with Crippen LogP contribution >= 0.6 is 0 Å². The molecule has 0 bridgehead atoms. The molecule has 0 aliphatic carbocycles. The van der Waals surface area contributed by atoms with Crippen LogP contribution in [0.15, 0.2) is 47.6 Å². The summed E-state index contributed by atoms with van der Waals surface area (Å²) in [5, 5.41) is 17.2. The second kappa shape index (κ2) is 9.09. The van der Waals surface area contributed by atoms with Gasteiger partial charge in [-0.25, -0.2) is 5.43 Å². The van der Waals surface area contributed by atoms with Crippen molar-refractivity contribution in [1.29, 1.82) is 0 Å². The van der Waals surface area contributed by atoms with Crippen LogP contribution in [0.1, 0.15) is 17.5 Å². The van der Waals surface area contributed by atoms with Gasteiger partial charge in [0, 0.05) is 22.9 Å². The molecule has 2 aromatic rings. The molecule has 9 heteroatoms. The summed E-state index contributed by atoms with van der Waals surface area (Å²) in [5.41, 5.74) is 3.68. The Morgan fingerprint density at radius 3 is 2.52 bits per heavy atom. The zero-order valence-electron chi connectivity index (χ0n) is 14.8. The van der Waals surface area contributed by atoms with Crippen molar-refractivity contribution in [1.82, 2.24) is 5.43 Å². The maximum Gasteiger partial charge on any atom is 0.272 e. The number of ether oxygens (including phenoxy) is 1. The highest BCUT2D eigenvalue weighted by atomic mass is 16.6. The molecule has 0 atom stereocenters. The normalized spacial score (nSPS) is 10.4.